The Balaban J connectivity index is 1.82. The maximum absolute atomic E-state index is 4.83. The van der Waals surface area contributed by atoms with Crippen LogP contribution in [0.3, 0.4) is 0 Å². The summed E-state index contributed by atoms with van der Waals surface area (Å²) in [5, 5.41) is 1.28. The lowest BCUT2D eigenvalue weighted by molar-refractivity contribution is 0.490. The molecule has 4 rings (SSSR count). The number of hydrogen-bond donors (Lipinski definition) is 0. The van der Waals surface area contributed by atoms with Crippen molar-refractivity contribution in [1.29, 1.82) is 0 Å². The Morgan fingerprint density at radius 1 is 0.767 bits per heavy atom. The minimum Gasteiger partial charge on any atom is -0.265 e. The van der Waals surface area contributed by atoms with Crippen LogP contribution in [-0.4, -0.2) is 13.1 Å². The molecule has 2 aromatic carbocycles. The second kappa shape index (κ2) is 7.81. The van der Waals surface area contributed by atoms with E-state index in [0.717, 1.165) is 19.3 Å². The van der Waals surface area contributed by atoms with E-state index in [1.54, 1.807) is 0 Å². The Morgan fingerprint density at radius 3 is 1.97 bits per heavy atom. The molecule has 1 aliphatic carbocycles. The van der Waals surface area contributed by atoms with Crippen molar-refractivity contribution in [3.8, 4) is 22.3 Å². The second-order valence-corrected chi connectivity index (χ2v) is 14.9. The van der Waals surface area contributed by atoms with Gasteiger partial charge in [0.05, 0.1) is 0 Å². The van der Waals surface area contributed by atoms with Crippen LogP contribution >= 0.6 is 0 Å². The molecular weight excluding hydrogens is 378 g/mol. The van der Waals surface area contributed by atoms with Gasteiger partial charge in [0.15, 0.2) is 0 Å². The molecule has 2 heteroatoms. The first-order valence-electron chi connectivity index (χ1n) is 11.6. The van der Waals surface area contributed by atoms with E-state index in [-0.39, 0.29) is 5.41 Å². The highest BCUT2D eigenvalue weighted by Gasteiger charge is 2.40. The van der Waals surface area contributed by atoms with Crippen molar-refractivity contribution in [1.82, 2.24) is 4.98 Å². The largest absolute Gasteiger partial charge is 0.265 e. The SMILES string of the molecule is CCCc1ccc2c(c1)C(CC)(CC)c1cc(-c3ccc([Si](C)(C)C)nc3)ccc1-2. The van der Waals surface area contributed by atoms with E-state index in [2.05, 4.69) is 95.1 Å². The van der Waals surface area contributed by atoms with Crippen LogP contribution in [0.25, 0.3) is 22.3 Å². The molecule has 3 aromatic rings. The lowest BCUT2D eigenvalue weighted by Gasteiger charge is -2.30. The van der Waals surface area contributed by atoms with Crippen LogP contribution in [0.1, 0.15) is 56.7 Å². The average Bonchev–Trinajstić information content (AvgIpc) is 3.02. The molecule has 30 heavy (non-hydrogen) atoms. The molecule has 0 saturated carbocycles. The van der Waals surface area contributed by atoms with Crippen LogP contribution in [0.2, 0.25) is 19.6 Å². The summed E-state index contributed by atoms with van der Waals surface area (Å²) < 4.78 is 0. The normalized spacial score (nSPS) is 14.5. The Kier molecular flexibility index (Phi) is 5.48. The maximum Gasteiger partial charge on any atom is 0.101 e. The number of benzene rings is 2. The van der Waals surface area contributed by atoms with Crippen LogP contribution in [0, 0.1) is 0 Å². The summed E-state index contributed by atoms with van der Waals surface area (Å²) in [6.45, 7) is 14.0. The first kappa shape index (κ1) is 21.1. The molecule has 0 unspecified atom stereocenters. The standard InChI is InChI=1S/C28H35NSi/c1-7-10-20-11-14-23-24-15-12-21(22-13-16-27(29-19-22)30(4,5)6)18-26(24)28(8-2,9-3)25(23)17-20/h11-19H,7-10H2,1-6H3. The van der Waals surface area contributed by atoms with E-state index in [1.807, 2.05) is 0 Å². The van der Waals surface area contributed by atoms with Gasteiger partial charge < -0.3 is 0 Å². The van der Waals surface area contributed by atoms with Gasteiger partial charge in [0.1, 0.15) is 8.07 Å². The highest BCUT2D eigenvalue weighted by Crippen LogP contribution is 2.53. The first-order valence-corrected chi connectivity index (χ1v) is 15.1. The summed E-state index contributed by atoms with van der Waals surface area (Å²) in [5.41, 5.74) is 10.0. The van der Waals surface area contributed by atoms with Crippen LogP contribution in [0.4, 0.5) is 0 Å². The molecule has 1 aliphatic rings. The van der Waals surface area contributed by atoms with Gasteiger partial charge in [-0.2, -0.15) is 0 Å². The minimum absolute atomic E-state index is 0.121. The third-order valence-corrected chi connectivity index (χ3v) is 8.87. The molecule has 0 aliphatic heterocycles. The molecular formula is C28H35NSi. The monoisotopic (exact) mass is 413 g/mol. The minimum atomic E-state index is -1.38. The lowest BCUT2D eigenvalue weighted by Crippen LogP contribution is -2.39. The van der Waals surface area contributed by atoms with Gasteiger partial charge in [-0.25, -0.2) is 0 Å². The van der Waals surface area contributed by atoms with Crippen molar-refractivity contribution < 1.29 is 0 Å². The fourth-order valence-corrected chi connectivity index (χ4v) is 6.22. The zero-order chi connectivity index (χ0) is 21.5. The van der Waals surface area contributed by atoms with Crippen molar-refractivity contribution in [2.24, 2.45) is 0 Å². The van der Waals surface area contributed by atoms with E-state index in [0.29, 0.717) is 0 Å². The predicted molar refractivity (Wildman–Crippen MR) is 133 cm³/mol. The average molecular weight is 414 g/mol. The Bertz CT molecular complexity index is 1050. The van der Waals surface area contributed by atoms with E-state index >= 15 is 0 Å². The molecule has 156 valence electrons. The van der Waals surface area contributed by atoms with Crippen LogP contribution in [0.15, 0.2) is 54.7 Å². The Morgan fingerprint density at radius 2 is 1.40 bits per heavy atom. The Labute approximate surface area is 183 Å². The van der Waals surface area contributed by atoms with E-state index in [9.17, 15) is 0 Å². The summed E-state index contributed by atoms with van der Waals surface area (Å²) in [5.74, 6) is 0. The topological polar surface area (TPSA) is 12.9 Å². The molecule has 0 saturated heterocycles. The molecule has 0 spiro atoms. The van der Waals surface area contributed by atoms with E-state index in [1.165, 1.54) is 50.7 Å². The van der Waals surface area contributed by atoms with Crippen molar-refractivity contribution in [2.45, 2.75) is 71.5 Å². The third kappa shape index (κ3) is 3.35. The van der Waals surface area contributed by atoms with Crippen molar-refractivity contribution in [2.75, 3.05) is 0 Å². The highest BCUT2D eigenvalue weighted by atomic mass is 28.3. The number of aromatic nitrogens is 1. The molecule has 0 fully saturated rings. The fourth-order valence-electron chi connectivity index (χ4n) is 5.19. The third-order valence-electron chi connectivity index (χ3n) is 7.04. The number of hydrogen-bond acceptors (Lipinski definition) is 1. The first-order chi connectivity index (χ1) is 14.3. The van der Waals surface area contributed by atoms with Gasteiger partial charge in [-0.1, -0.05) is 83.2 Å². The zero-order valence-corrected chi connectivity index (χ0v) is 20.5. The van der Waals surface area contributed by atoms with Gasteiger partial charge in [-0.3, -0.25) is 4.98 Å². The van der Waals surface area contributed by atoms with Crippen molar-refractivity contribution in [3.63, 3.8) is 0 Å². The predicted octanol–water partition coefficient (Wildman–Crippen LogP) is 7.33. The molecule has 0 radical (unpaired) electrons. The van der Waals surface area contributed by atoms with Crippen molar-refractivity contribution in [3.05, 3.63) is 71.4 Å². The molecule has 0 bridgehead atoms. The quantitative estimate of drug-likeness (QED) is 0.385. The zero-order valence-electron chi connectivity index (χ0n) is 19.5. The second-order valence-electron chi connectivity index (χ2n) is 9.86. The molecule has 1 heterocycles. The summed E-state index contributed by atoms with van der Waals surface area (Å²) in [7, 11) is -1.38. The number of aryl methyl sites for hydroxylation is 1. The van der Waals surface area contributed by atoms with E-state index < -0.39 is 8.07 Å². The fraction of sp³-hybridized carbons (Fsp3) is 0.393. The summed E-state index contributed by atoms with van der Waals surface area (Å²) in [4.78, 5) is 4.83. The van der Waals surface area contributed by atoms with Crippen LogP contribution in [0.5, 0.6) is 0 Å². The molecule has 0 atom stereocenters. The molecule has 0 N–H and O–H groups in total. The number of pyridine rings is 1. The van der Waals surface area contributed by atoms with Gasteiger partial charge in [-0.15, -0.1) is 0 Å². The Hall–Kier alpha value is -2.19. The van der Waals surface area contributed by atoms with Crippen LogP contribution in [-0.2, 0) is 11.8 Å². The van der Waals surface area contributed by atoms with Gasteiger partial charge >= 0.3 is 0 Å². The smallest absolute Gasteiger partial charge is 0.101 e. The summed E-state index contributed by atoms with van der Waals surface area (Å²) >= 11 is 0. The number of rotatable bonds is 6. The summed E-state index contributed by atoms with van der Waals surface area (Å²) in [6, 6.07) is 18.8. The van der Waals surface area contributed by atoms with Gasteiger partial charge in [0.2, 0.25) is 0 Å². The summed E-state index contributed by atoms with van der Waals surface area (Å²) in [6.07, 6.45) is 6.70. The molecule has 1 aromatic heterocycles. The molecule has 0 amide bonds. The maximum atomic E-state index is 4.83. The van der Waals surface area contributed by atoms with Gasteiger partial charge in [-0.05, 0) is 70.3 Å². The number of fused-ring (bicyclic) bond motifs is 3. The highest BCUT2D eigenvalue weighted by molar-refractivity contribution is 6.88. The van der Waals surface area contributed by atoms with Gasteiger partial charge in [0, 0.05) is 16.9 Å². The number of nitrogens with zero attached hydrogens (tertiary/aromatic N) is 1. The lowest BCUT2D eigenvalue weighted by atomic mass is 9.73. The van der Waals surface area contributed by atoms with Gasteiger partial charge in [0.25, 0.3) is 0 Å². The van der Waals surface area contributed by atoms with Crippen molar-refractivity contribution >= 4 is 13.4 Å². The molecule has 1 nitrogen and oxygen atoms in total. The van der Waals surface area contributed by atoms with Crippen LogP contribution < -0.4 is 5.32 Å². The van der Waals surface area contributed by atoms with E-state index in [4.69, 9.17) is 4.98 Å².